The van der Waals surface area contributed by atoms with Crippen LogP contribution in [0.4, 0.5) is 22.7 Å². The Balaban J connectivity index is 1.20. The van der Waals surface area contributed by atoms with Crippen molar-refractivity contribution in [3.05, 3.63) is 155 Å². The molecule has 4 nitrogen and oxygen atoms in total. The fourth-order valence-electron chi connectivity index (χ4n) is 7.94. The number of aromatic nitrogens is 2. The van der Waals surface area contributed by atoms with Crippen molar-refractivity contribution < 1.29 is 0 Å². The second-order valence-electron chi connectivity index (χ2n) is 18.5. The third-order valence-corrected chi connectivity index (χ3v) is 12.4. The molecule has 3 heterocycles. The number of halogens is 1. The summed E-state index contributed by atoms with van der Waals surface area (Å²) in [5, 5.41) is 2.45. The first-order chi connectivity index (χ1) is 25.9. The molecule has 55 heavy (non-hydrogen) atoms. The van der Waals surface area contributed by atoms with Crippen LogP contribution in [0.25, 0.3) is 27.6 Å². The molecule has 7 aromatic rings. The second kappa shape index (κ2) is 13.1. The molecular formula is C50H53BrN4. The molecular weight excluding hydrogens is 736 g/mol. The molecule has 0 saturated carbocycles. The summed E-state index contributed by atoms with van der Waals surface area (Å²) in [5.41, 5.74) is 13.6. The maximum atomic E-state index is 4.92. The Kier molecular flexibility index (Phi) is 8.85. The third-order valence-electron chi connectivity index (χ3n) is 11.5. The van der Waals surface area contributed by atoms with Crippen molar-refractivity contribution in [1.29, 1.82) is 0 Å². The summed E-state index contributed by atoms with van der Waals surface area (Å²) in [6.45, 7) is 23.6. The molecule has 0 amide bonds. The lowest BCUT2D eigenvalue weighted by molar-refractivity contribution is 0.568. The monoisotopic (exact) mass is 788 g/mol. The van der Waals surface area contributed by atoms with Gasteiger partial charge in [0, 0.05) is 28.3 Å². The molecule has 1 aliphatic heterocycles. The van der Waals surface area contributed by atoms with Crippen molar-refractivity contribution >= 4 is 60.5 Å². The summed E-state index contributed by atoms with van der Waals surface area (Å²) in [4.78, 5) is 9.86. The first-order valence-corrected chi connectivity index (χ1v) is 20.3. The molecule has 5 heteroatoms. The molecule has 0 fully saturated rings. The summed E-state index contributed by atoms with van der Waals surface area (Å²) in [5.74, 6) is 0.939. The number of hydrogen-bond donors (Lipinski definition) is 0. The van der Waals surface area contributed by atoms with E-state index in [2.05, 4.69) is 221 Å². The van der Waals surface area contributed by atoms with Crippen molar-refractivity contribution in [3.8, 4) is 5.82 Å². The van der Waals surface area contributed by atoms with Crippen LogP contribution in [-0.2, 0) is 20.6 Å². The van der Waals surface area contributed by atoms with Crippen LogP contribution in [0.2, 0.25) is 0 Å². The number of pyridine rings is 1. The second-order valence-corrected chi connectivity index (χ2v) is 20.1. The minimum absolute atomic E-state index is 0.0137. The Morgan fingerprint density at radius 2 is 1.04 bits per heavy atom. The fraction of sp³-hybridized carbons (Fsp3) is 0.300. The Labute approximate surface area is 336 Å². The van der Waals surface area contributed by atoms with E-state index >= 15 is 0 Å². The van der Waals surface area contributed by atoms with Crippen molar-refractivity contribution in [2.45, 2.75) is 89.8 Å². The Bertz CT molecular complexity index is 2540. The molecule has 8 rings (SSSR count). The summed E-state index contributed by atoms with van der Waals surface area (Å²) >= 11 is 4.27. The van der Waals surface area contributed by atoms with Gasteiger partial charge in [0.15, 0.2) is 0 Å². The van der Waals surface area contributed by atoms with Gasteiger partial charge in [-0.05, 0) is 112 Å². The zero-order valence-corrected chi connectivity index (χ0v) is 35.6. The maximum absolute atomic E-state index is 4.92. The van der Waals surface area contributed by atoms with E-state index in [1.165, 1.54) is 61.3 Å². The standard InChI is InChI=1S/C50H53BrN4/c1-47(2,3)33-24-25-52-46(31-33)55-42-19-12-11-18-40(42)41-23-22-35(30-45(41)55)50(10,51)34-16-15-17-38(27-34)53-32-54(44-21-14-13-20-43(44)53)39-28-36(48(4,5)6)26-37(29-39)49(7,8)9/h11-31H,32H2,1-10H3. The van der Waals surface area contributed by atoms with Gasteiger partial charge in [0.1, 0.15) is 12.5 Å². The molecule has 2 aromatic heterocycles. The number of alkyl halides is 1. The van der Waals surface area contributed by atoms with Crippen molar-refractivity contribution in [1.82, 2.24) is 9.55 Å². The van der Waals surface area contributed by atoms with E-state index in [4.69, 9.17) is 4.98 Å². The summed E-state index contributed by atoms with van der Waals surface area (Å²) in [6, 6.07) is 45.0. The number of fused-ring (bicyclic) bond motifs is 4. The van der Waals surface area contributed by atoms with Crippen LogP contribution in [0.1, 0.15) is 97.1 Å². The van der Waals surface area contributed by atoms with E-state index in [0.717, 1.165) is 23.5 Å². The lowest BCUT2D eigenvalue weighted by Crippen LogP contribution is -2.26. The largest absolute Gasteiger partial charge is 0.321 e. The van der Waals surface area contributed by atoms with Crippen molar-refractivity contribution in [3.63, 3.8) is 0 Å². The van der Waals surface area contributed by atoms with Gasteiger partial charge in [-0.3, -0.25) is 4.57 Å². The van der Waals surface area contributed by atoms with Gasteiger partial charge in [-0.1, -0.05) is 139 Å². The van der Waals surface area contributed by atoms with Gasteiger partial charge in [-0.2, -0.15) is 0 Å². The Morgan fingerprint density at radius 3 is 1.69 bits per heavy atom. The van der Waals surface area contributed by atoms with Gasteiger partial charge in [-0.15, -0.1) is 0 Å². The maximum Gasteiger partial charge on any atom is 0.137 e. The molecule has 1 unspecified atom stereocenters. The molecule has 0 N–H and O–H groups in total. The van der Waals surface area contributed by atoms with Gasteiger partial charge < -0.3 is 9.80 Å². The Morgan fingerprint density at radius 1 is 0.473 bits per heavy atom. The third kappa shape index (κ3) is 6.65. The van der Waals surface area contributed by atoms with Crippen LogP contribution in [0.3, 0.4) is 0 Å². The van der Waals surface area contributed by atoms with Gasteiger partial charge >= 0.3 is 0 Å². The first kappa shape index (κ1) is 37.1. The highest BCUT2D eigenvalue weighted by atomic mass is 79.9. The molecule has 280 valence electrons. The summed E-state index contributed by atoms with van der Waals surface area (Å²) < 4.78 is 1.87. The quantitative estimate of drug-likeness (QED) is 0.162. The predicted octanol–water partition coefficient (Wildman–Crippen LogP) is 14.0. The van der Waals surface area contributed by atoms with Crippen LogP contribution in [0.15, 0.2) is 128 Å². The first-order valence-electron chi connectivity index (χ1n) is 19.5. The highest BCUT2D eigenvalue weighted by Crippen LogP contribution is 2.48. The Hall–Kier alpha value is -4.87. The fourth-order valence-corrected chi connectivity index (χ4v) is 8.43. The number of anilines is 4. The molecule has 5 aromatic carbocycles. The van der Waals surface area contributed by atoms with Crippen LogP contribution >= 0.6 is 15.9 Å². The highest BCUT2D eigenvalue weighted by Gasteiger charge is 2.32. The van der Waals surface area contributed by atoms with E-state index < -0.39 is 4.32 Å². The molecule has 0 aliphatic carbocycles. The lowest BCUT2D eigenvalue weighted by atomic mass is 9.80. The summed E-state index contributed by atoms with van der Waals surface area (Å²) in [7, 11) is 0. The number of rotatable bonds is 5. The minimum atomic E-state index is -0.458. The molecule has 0 radical (unpaired) electrons. The predicted molar refractivity (Wildman–Crippen MR) is 239 cm³/mol. The normalized spacial score (nSPS) is 14.8. The summed E-state index contributed by atoms with van der Waals surface area (Å²) in [6.07, 6.45) is 1.95. The zero-order valence-electron chi connectivity index (χ0n) is 34.0. The topological polar surface area (TPSA) is 24.3 Å². The molecule has 0 bridgehead atoms. The minimum Gasteiger partial charge on any atom is -0.321 e. The van der Waals surface area contributed by atoms with Crippen LogP contribution in [0.5, 0.6) is 0 Å². The van der Waals surface area contributed by atoms with E-state index in [0.29, 0.717) is 0 Å². The van der Waals surface area contributed by atoms with Gasteiger partial charge in [0.2, 0.25) is 0 Å². The average molecular weight is 790 g/mol. The van der Waals surface area contributed by atoms with Crippen LogP contribution in [0, 0.1) is 0 Å². The molecule has 0 saturated heterocycles. The molecule has 1 atom stereocenters. The number of hydrogen-bond acceptors (Lipinski definition) is 3. The van der Waals surface area contributed by atoms with E-state index in [9.17, 15) is 0 Å². The van der Waals surface area contributed by atoms with Crippen LogP contribution in [-0.4, -0.2) is 16.2 Å². The molecule has 1 aliphatic rings. The van der Waals surface area contributed by atoms with Gasteiger partial charge in [0.25, 0.3) is 0 Å². The van der Waals surface area contributed by atoms with E-state index in [1.807, 2.05) is 6.20 Å². The number of para-hydroxylation sites is 3. The van der Waals surface area contributed by atoms with Crippen molar-refractivity contribution in [2.75, 3.05) is 16.5 Å². The number of nitrogens with zero attached hydrogens (tertiary/aromatic N) is 4. The van der Waals surface area contributed by atoms with Gasteiger partial charge in [0.05, 0.1) is 26.7 Å². The van der Waals surface area contributed by atoms with E-state index in [1.54, 1.807) is 0 Å². The van der Waals surface area contributed by atoms with Crippen molar-refractivity contribution in [2.24, 2.45) is 0 Å². The number of benzene rings is 5. The SMILES string of the molecule is CC(C)(C)c1cc(N2CN(c3cccc(C(C)(Br)c4ccc5c6ccccc6n(-c6cc(C(C)(C)C)ccn6)c5c4)c3)c3ccccc32)cc(C(C)(C)C)c1. The van der Waals surface area contributed by atoms with Gasteiger partial charge in [-0.25, -0.2) is 4.98 Å². The van der Waals surface area contributed by atoms with E-state index in [-0.39, 0.29) is 16.2 Å². The highest BCUT2D eigenvalue weighted by molar-refractivity contribution is 9.09. The lowest BCUT2D eigenvalue weighted by Gasteiger charge is -2.30. The zero-order chi connectivity index (χ0) is 39.1. The molecule has 0 spiro atoms. The van der Waals surface area contributed by atoms with Crippen LogP contribution < -0.4 is 9.80 Å². The smallest absolute Gasteiger partial charge is 0.137 e. The average Bonchev–Trinajstić information content (AvgIpc) is 3.70.